The van der Waals surface area contributed by atoms with E-state index >= 15 is 0 Å². The van der Waals surface area contributed by atoms with E-state index in [0.717, 1.165) is 47.2 Å². The molecule has 0 saturated carbocycles. The van der Waals surface area contributed by atoms with Crippen molar-refractivity contribution in [1.29, 1.82) is 0 Å². The summed E-state index contributed by atoms with van der Waals surface area (Å²) in [4.78, 5) is 30.8. The Hall–Kier alpha value is -4.46. The maximum absolute atomic E-state index is 12.3. The number of aromatic nitrogens is 4. The van der Waals surface area contributed by atoms with Crippen molar-refractivity contribution in [2.24, 2.45) is 0 Å². The van der Waals surface area contributed by atoms with Crippen molar-refractivity contribution in [3.8, 4) is 34.3 Å². The second-order valence-electron chi connectivity index (χ2n) is 8.57. The molecule has 5 aromatic rings. The predicted octanol–water partition coefficient (Wildman–Crippen LogP) is 5.76. The van der Waals surface area contributed by atoms with Gasteiger partial charge in [0.05, 0.1) is 23.3 Å². The van der Waals surface area contributed by atoms with Crippen LogP contribution in [0.2, 0.25) is 0 Å². The highest BCUT2D eigenvalue weighted by atomic mass is 16.5. The standard InChI is InChI=1S/C27H23N5O3/c1-17(33)32-12-4-6-24(32)20-13-22-23(31-27(30-22)21-5-2-3-11-29-21)14-25(20)35-19-9-7-18(8-10-19)26-15-28-16-34-26/h2-3,5,7-11,13-16,24H,4,6,12H2,1H3,(H,30,31). The zero-order valence-corrected chi connectivity index (χ0v) is 19.1. The Kier molecular flexibility index (Phi) is 5.25. The van der Waals surface area contributed by atoms with Crippen LogP contribution in [-0.4, -0.2) is 37.3 Å². The molecule has 6 rings (SSSR count). The first kappa shape index (κ1) is 21.1. The second-order valence-corrected chi connectivity index (χ2v) is 8.57. The Morgan fingerprint density at radius 2 is 2.06 bits per heavy atom. The second kappa shape index (κ2) is 8.72. The Morgan fingerprint density at radius 1 is 1.17 bits per heavy atom. The third kappa shape index (κ3) is 4.03. The monoisotopic (exact) mass is 465 g/mol. The quantitative estimate of drug-likeness (QED) is 0.355. The van der Waals surface area contributed by atoms with E-state index in [1.54, 1.807) is 19.3 Å². The molecule has 3 aromatic heterocycles. The average molecular weight is 466 g/mol. The molecule has 2 aromatic carbocycles. The van der Waals surface area contributed by atoms with Crippen molar-refractivity contribution in [3.05, 3.63) is 78.9 Å². The normalized spacial score (nSPS) is 15.6. The van der Waals surface area contributed by atoms with Crippen LogP contribution in [0.15, 0.2) is 77.8 Å². The van der Waals surface area contributed by atoms with E-state index in [-0.39, 0.29) is 11.9 Å². The molecule has 8 nitrogen and oxygen atoms in total. The van der Waals surface area contributed by atoms with Crippen molar-refractivity contribution in [3.63, 3.8) is 0 Å². The fourth-order valence-corrected chi connectivity index (χ4v) is 4.67. The number of fused-ring (bicyclic) bond motifs is 1. The largest absolute Gasteiger partial charge is 0.457 e. The molecule has 0 radical (unpaired) electrons. The first-order chi connectivity index (χ1) is 17.2. The Bertz CT molecular complexity index is 1480. The number of hydrogen-bond acceptors (Lipinski definition) is 6. The van der Waals surface area contributed by atoms with Gasteiger partial charge in [0, 0.05) is 36.9 Å². The zero-order chi connectivity index (χ0) is 23.8. The number of benzene rings is 2. The molecule has 0 bridgehead atoms. The molecule has 0 aliphatic carbocycles. The van der Waals surface area contributed by atoms with Crippen LogP contribution in [0.4, 0.5) is 0 Å². The molecule has 4 heterocycles. The van der Waals surface area contributed by atoms with Crippen LogP contribution in [0.3, 0.4) is 0 Å². The van der Waals surface area contributed by atoms with Gasteiger partial charge in [-0.25, -0.2) is 9.97 Å². The summed E-state index contributed by atoms with van der Waals surface area (Å²) in [6, 6.07) is 17.3. The lowest BCUT2D eigenvalue weighted by Gasteiger charge is -2.25. The molecule has 1 aliphatic rings. The van der Waals surface area contributed by atoms with E-state index in [9.17, 15) is 4.79 Å². The van der Waals surface area contributed by atoms with Crippen LogP contribution >= 0.6 is 0 Å². The Balaban J connectivity index is 1.41. The van der Waals surface area contributed by atoms with Crippen molar-refractivity contribution in [2.45, 2.75) is 25.8 Å². The lowest BCUT2D eigenvalue weighted by molar-refractivity contribution is -0.129. The average Bonchev–Trinajstić information content (AvgIpc) is 3.65. The van der Waals surface area contributed by atoms with Gasteiger partial charge in [0.1, 0.15) is 17.2 Å². The molecular weight excluding hydrogens is 442 g/mol. The maximum Gasteiger partial charge on any atom is 0.219 e. The topological polar surface area (TPSA) is 97.1 Å². The summed E-state index contributed by atoms with van der Waals surface area (Å²) in [5.74, 6) is 2.81. The van der Waals surface area contributed by atoms with Crippen LogP contribution in [0.1, 0.15) is 31.4 Å². The number of H-pyrrole nitrogens is 1. The van der Waals surface area contributed by atoms with Crippen LogP contribution < -0.4 is 4.74 Å². The fourth-order valence-electron chi connectivity index (χ4n) is 4.67. The number of oxazole rings is 1. The number of pyridine rings is 1. The molecule has 1 fully saturated rings. The van der Waals surface area contributed by atoms with Gasteiger partial charge in [-0.15, -0.1) is 0 Å². The summed E-state index contributed by atoms with van der Waals surface area (Å²) >= 11 is 0. The van der Waals surface area contributed by atoms with Crippen molar-refractivity contribution in [2.75, 3.05) is 6.54 Å². The molecule has 1 N–H and O–H groups in total. The minimum atomic E-state index is -0.0537. The number of likely N-dealkylation sites (tertiary alicyclic amines) is 1. The number of nitrogens with one attached hydrogen (secondary N) is 1. The van der Waals surface area contributed by atoms with Crippen LogP contribution in [0.25, 0.3) is 33.9 Å². The van der Waals surface area contributed by atoms with E-state index in [2.05, 4.69) is 21.0 Å². The van der Waals surface area contributed by atoms with Crippen LogP contribution in [0.5, 0.6) is 11.5 Å². The minimum Gasteiger partial charge on any atom is -0.457 e. The summed E-state index contributed by atoms with van der Waals surface area (Å²) in [6.45, 7) is 2.36. The van der Waals surface area contributed by atoms with Gasteiger partial charge >= 0.3 is 0 Å². The Labute approximate surface area is 201 Å². The van der Waals surface area contributed by atoms with Crippen molar-refractivity contribution >= 4 is 16.9 Å². The molecule has 1 atom stereocenters. The van der Waals surface area contributed by atoms with Gasteiger partial charge in [0.15, 0.2) is 18.0 Å². The third-order valence-electron chi connectivity index (χ3n) is 6.34. The maximum atomic E-state index is 12.3. The number of hydrogen-bond donors (Lipinski definition) is 1. The minimum absolute atomic E-state index is 0.0537. The number of nitrogens with zero attached hydrogens (tertiary/aromatic N) is 4. The molecular formula is C27H23N5O3. The zero-order valence-electron chi connectivity index (χ0n) is 19.1. The summed E-state index contributed by atoms with van der Waals surface area (Å²) in [6.07, 6.45) is 6.67. The lowest BCUT2D eigenvalue weighted by atomic mass is 10.0. The SMILES string of the molecule is CC(=O)N1CCCC1c1cc2[nH]c(-c3ccccn3)nc2cc1Oc1ccc(-c2cnco2)cc1. The third-order valence-corrected chi connectivity index (χ3v) is 6.34. The van der Waals surface area contributed by atoms with Gasteiger partial charge in [-0.1, -0.05) is 6.07 Å². The summed E-state index contributed by atoms with van der Waals surface area (Å²) < 4.78 is 11.8. The highest BCUT2D eigenvalue weighted by Gasteiger charge is 2.31. The molecule has 1 saturated heterocycles. The van der Waals surface area contributed by atoms with E-state index in [0.29, 0.717) is 23.1 Å². The van der Waals surface area contributed by atoms with Gasteiger partial charge in [-0.2, -0.15) is 0 Å². The number of carbonyl (C=O) groups is 1. The van der Waals surface area contributed by atoms with E-state index in [1.165, 1.54) is 6.39 Å². The van der Waals surface area contributed by atoms with E-state index in [1.807, 2.05) is 53.4 Å². The van der Waals surface area contributed by atoms with Crippen molar-refractivity contribution in [1.82, 2.24) is 24.8 Å². The van der Waals surface area contributed by atoms with E-state index in [4.69, 9.17) is 14.1 Å². The number of amides is 1. The number of carbonyl (C=O) groups excluding carboxylic acids is 1. The first-order valence-corrected chi connectivity index (χ1v) is 11.5. The number of ether oxygens (including phenoxy) is 1. The summed E-state index contributed by atoms with van der Waals surface area (Å²) in [7, 11) is 0. The molecule has 35 heavy (non-hydrogen) atoms. The van der Waals surface area contributed by atoms with Gasteiger partial charge in [0.25, 0.3) is 0 Å². The molecule has 0 spiro atoms. The van der Waals surface area contributed by atoms with Gasteiger partial charge in [0.2, 0.25) is 5.91 Å². The first-order valence-electron chi connectivity index (χ1n) is 11.5. The number of imidazole rings is 1. The smallest absolute Gasteiger partial charge is 0.219 e. The van der Waals surface area contributed by atoms with Gasteiger partial charge < -0.3 is 19.0 Å². The molecule has 1 unspecified atom stereocenters. The predicted molar refractivity (Wildman–Crippen MR) is 131 cm³/mol. The molecule has 1 aliphatic heterocycles. The summed E-state index contributed by atoms with van der Waals surface area (Å²) in [5, 5.41) is 0. The molecule has 174 valence electrons. The van der Waals surface area contributed by atoms with Gasteiger partial charge in [-0.05, 0) is 55.3 Å². The fraction of sp³-hybridized carbons (Fsp3) is 0.185. The number of aromatic amines is 1. The van der Waals surface area contributed by atoms with Crippen molar-refractivity contribution < 1.29 is 13.9 Å². The van der Waals surface area contributed by atoms with Gasteiger partial charge in [-0.3, -0.25) is 9.78 Å². The molecule has 8 heteroatoms. The lowest BCUT2D eigenvalue weighted by Crippen LogP contribution is -2.28. The highest BCUT2D eigenvalue weighted by molar-refractivity contribution is 5.82. The summed E-state index contributed by atoms with van der Waals surface area (Å²) in [5.41, 5.74) is 4.29. The molecule has 1 amide bonds. The number of rotatable bonds is 5. The van der Waals surface area contributed by atoms with Crippen LogP contribution in [-0.2, 0) is 4.79 Å². The Morgan fingerprint density at radius 3 is 2.80 bits per heavy atom. The highest BCUT2D eigenvalue weighted by Crippen LogP contribution is 2.41. The van der Waals surface area contributed by atoms with Crippen LogP contribution in [0, 0.1) is 0 Å². The van der Waals surface area contributed by atoms with E-state index < -0.39 is 0 Å².